The number of hydrogen-bond donors (Lipinski definition) is 2. The van der Waals surface area contributed by atoms with Gasteiger partial charge in [-0.2, -0.15) is 0 Å². The Morgan fingerprint density at radius 2 is 2.14 bits per heavy atom. The molecule has 1 aliphatic heterocycles. The van der Waals surface area contributed by atoms with E-state index in [0.29, 0.717) is 28.3 Å². The molecule has 2 rings (SSSR count). The fourth-order valence-corrected chi connectivity index (χ4v) is 3.01. The number of ether oxygens (including phenoxy) is 1. The SMILES string of the molecule is CC(O)C1CCN(CC(O)COc2ccc(Cl)cc2Cl)C1. The molecule has 0 aromatic heterocycles. The van der Waals surface area contributed by atoms with Crippen LogP contribution in [-0.2, 0) is 0 Å². The summed E-state index contributed by atoms with van der Waals surface area (Å²) in [7, 11) is 0. The summed E-state index contributed by atoms with van der Waals surface area (Å²) in [6.07, 6.45) is 0.0783. The molecule has 1 aromatic carbocycles. The first-order valence-electron chi connectivity index (χ1n) is 7.12. The number of benzene rings is 1. The first-order valence-corrected chi connectivity index (χ1v) is 7.87. The number of aliphatic hydroxyl groups excluding tert-OH is 2. The summed E-state index contributed by atoms with van der Waals surface area (Å²) in [6, 6.07) is 5.00. The highest BCUT2D eigenvalue weighted by atomic mass is 35.5. The first-order chi connectivity index (χ1) is 9.95. The molecular weight excluding hydrogens is 313 g/mol. The molecule has 0 radical (unpaired) electrons. The van der Waals surface area contributed by atoms with Crippen LogP contribution in [0, 0.1) is 5.92 Å². The van der Waals surface area contributed by atoms with Gasteiger partial charge in [0.25, 0.3) is 0 Å². The van der Waals surface area contributed by atoms with Gasteiger partial charge in [0.1, 0.15) is 18.5 Å². The van der Waals surface area contributed by atoms with Gasteiger partial charge in [0.05, 0.1) is 11.1 Å². The van der Waals surface area contributed by atoms with Crippen LogP contribution < -0.4 is 4.74 Å². The lowest BCUT2D eigenvalue weighted by Crippen LogP contribution is -2.35. The fourth-order valence-electron chi connectivity index (χ4n) is 2.55. The molecule has 1 aromatic rings. The predicted molar refractivity (Wildman–Crippen MR) is 84.2 cm³/mol. The van der Waals surface area contributed by atoms with E-state index >= 15 is 0 Å². The Bertz CT molecular complexity index is 470. The van der Waals surface area contributed by atoms with Gasteiger partial charge >= 0.3 is 0 Å². The molecule has 1 fully saturated rings. The lowest BCUT2D eigenvalue weighted by atomic mass is 10.0. The van der Waals surface area contributed by atoms with Crippen LogP contribution in [0.2, 0.25) is 10.0 Å². The minimum absolute atomic E-state index is 0.178. The van der Waals surface area contributed by atoms with Gasteiger partial charge in [0.2, 0.25) is 0 Å². The summed E-state index contributed by atoms with van der Waals surface area (Å²) >= 11 is 11.8. The standard InChI is InChI=1S/C15H21Cl2NO3/c1-10(19)11-4-5-18(7-11)8-13(20)9-21-15-3-2-12(16)6-14(15)17/h2-3,6,10-11,13,19-20H,4-5,7-9H2,1H3. The van der Waals surface area contributed by atoms with Crippen LogP contribution in [0.3, 0.4) is 0 Å². The second-order valence-electron chi connectivity index (χ2n) is 5.59. The van der Waals surface area contributed by atoms with Crippen LogP contribution >= 0.6 is 23.2 Å². The summed E-state index contributed by atoms with van der Waals surface area (Å²) in [5, 5.41) is 20.6. The van der Waals surface area contributed by atoms with E-state index in [1.807, 2.05) is 6.92 Å². The lowest BCUT2D eigenvalue weighted by Gasteiger charge is -2.21. The Balaban J connectivity index is 1.76. The third kappa shape index (κ3) is 5.01. The number of likely N-dealkylation sites (tertiary alicyclic amines) is 1. The van der Waals surface area contributed by atoms with Crippen molar-refractivity contribution < 1.29 is 14.9 Å². The second-order valence-corrected chi connectivity index (χ2v) is 6.43. The Morgan fingerprint density at radius 3 is 2.76 bits per heavy atom. The van der Waals surface area contributed by atoms with Gasteiger partial charge in [-0.1, -0.05) is 23.2 Å². The van der Waals surface area contributed by atoms with Gasteiger partial charge in [0.15, 0.2) is 0 Å². The van der Waals surface area contributed by atoms with Crippen molar-refractivity contribution in [2.24, 2.45) is 5.92 Å². The topological polar surface area (TPSA) is 52.9 Å². The van der Waals surface area contributed by atoms with Crippen LogP contribution in [0.1, 0.15) is 13.3 Å². The summed E-state index contributed by atoms with van der Waals surface area (Å²) in [5.74, 6) is 0.812. The largest absolute Gasteiger partial charge is 0.489 e. The molecule has 4 nitrogen and oxygen atoms in total. The molecule has 3 atom stereocenters. The Hall–Kier alpha value is -0.520. The zero-order valence-corrected chi connectivity index (χ0v) is 13.5. The molecule has 2 N–H and O–H groups in total. The van der Waals surface area contributed by atoms with E-state index in [0.717, 1.165) is 19.5 Å². The van der Waals surface area contributed by atoms with E-state index in [4.69, 9.17) is 27.9 Å². The molecule has 1 aliphatic rings. The van der Waals surface area contributed by atoms with Crippen LogP contribution in [0.5, 0.6) is 5.75 Å². The van der Waals surface area contributed by atoms with Crippen LogP contribution in [-0.4, -0.2) is 53.6 Å². The molecule has 0 aliphatic carbocycles. The van der Waals surface area contributed by atoms with Crippen molar-refractivity contribution in [1.82, 2.24) is 4.90 Å². The smallest absolute Gasteiger partial charge is 0.138 e. The Morgan fingerprint density at radius 1 is 1.38 bits per heavy atom. The van der Waals surface area contributed by atoms with Crippen LogP contribution in [0.25, 0.3) is 0 Å². The molecule has 0 bridgehead atoms. The maximum atomic E-state index is 10.0. The summed E-state index contributed by atoms with van der Waals surface area (Å²) in [4.78, 5) is 2.15. The van der Waals surface area contributed by atoms with Gasteiger partial charge in [0, 0.05) is 18.1 Å². The zero-order chi connectivity index (χ0) is 15.4. The van der Waals surface area contributed by atoms with Gasteiger partial charge in [-0.05, 0) is 44.0 Å². The average molecular weight is 334 g/mol. The molecule has 0 amide bonds. The van der Waals surface area contributed by atoms with Gasteiger partial charge in [-0.15, -0.1) is 0 Å². The maximum Gasteiger partial charge on any atom is 0.138 e. The van der Waals surface area contributed by atoms with E-state index in [2.05, 4.69) is 4.90 Å². The number of halogens is 2. The molecule has 3 unspecified atom stereocenters. The second kappa shape index (κ2) is 7.65. The minimum Gasteiger partial charge on any atom is -0.489 e. The Labute approximate surface area is 135 Å². The first kappa shape index (κ1) is 16.8. The molecule has 0 spiro atoms. The minimum atomic E-state index is -0.593. The van der Waals surface area contributed by atoms with E-state index in [-0.39, 0.29) is 12.7 Å². The van der Waals surface area contributed by atoms with Gasteiger partial charge in [-0.25, -0.2) is 0 Å². The number of rotatable bonds is 6. The maximum absolute atomic E-state index is 10.0. The third-order valence-corrected chi connectivity index (χ3v) is 4.32. The van der Waals surface area contributed by atoms with Crippen molar-refractivity contribution >= 4 is 23.2 Å². The van der Waals surface area contributed by atoms with Crippen LogP contribution in [0.4, 0.5) is 0 Å². The van der Waals surface area contributed by atoms with Crippen molar-refractivity contribution in [2.45, 2.75) is 25.6 Å². The zero-order valence-electron chi connectivity index (χ0n) is 12.0. The number of aliphatic hydroxyl groups is 2. The summed E-state index contributed by atoms with van der Waals surface area (Å²) in [6.45, 7) is 4.24. The van der Waals surface area contributed by atoms with Crippen molar-refractivity contribution in [3.8, 4) is 5.75 Å². The molecule has 1 heterocycles. The summed E-state index contributed by atoms with van der Waals surface area (Å²) < 4.78 is 5.52. The van der Waals surface area contributed by atoms with E-state index in [1.165, 1.54) is 0 Å². The van der Waals surface area contributed by atoms with E-state index in [9.17, 15) is 10.2 Å². The molecule has 1 saturated heterocycles. The number of β-amino-alcohol motifs (C(OH)–C–C–N with tert-alkyl or cyclic N) is 1. The lowest BCUT2D eigenvalue weighted by molar-refractivity contribution is 0.0697. The average Bonchev–Trinajstić information content (AvgIpc) is 2.86. The van der Waals surface area contributed by atoms with Crippen molar-refractivity contribution in [3.05, 3.63) is 28.2 Å². The molecule has 0 saturated carbocycles. The van der Waals surface area contributed by atoms with Crippen LogP contribution in [0.15, 0.2) is 18.2 Å². The van der Waals surface area contributed by atoms with E-state index < -0.39 is 6.10 Å². The third-order valence-electron chi connectivity index (χ3n) is 3.79. The number of hydrogen-bond acceptors (Lipinski definition) is 4. The van der Waals surface area contributed by atoms with E-state index in [1.54, 1.807) is 18.2 Å². The molecule has 6 heteroatoms. The Kier molecular flexibility index (Phi) is 6.14. The fraction of sp³-hybridized carbons (Fsp3) is 0.600. The predicted octanol–water partition coefficient (Wildman–Crippen LogP) is 2.44. The number of nitrogens with zero attached hydrogens (tertiary/aromatic N) is 1. The van der Waals surface area contributed by atoms with Crippen molar-refractivity contribution in [3.63, 3.8) is 0 Å². The summed E-state index contributed by atoms with van der Waals surface area (Å²) in [5.41, 5.74) is 0. The van der Waals surface area contributed by atoms with Crippen molar-refractivity contribution in [2.75, 3.05) is 26.2 Å². The normalized spacial score (nSPS) is 22.2. The van der Waals surface area contributed by atoms with Gasteiger partial charge in [-0.3, -0.25) is 0 Å². The molecule has 118 valence electrons. The highest BCUT2D eigenvalue weighted by Crippen LogP contribution is 2.27. The molecule has 21 heavy (non-hydrogen) atoms. The quantitative estimate of drug-likeness (QED) is 0.839. The highest BCUT2D eigenvalue weighted by molar-refractivity contribution is 6.35. The highest BCUT2D eigenvalue weighted by Gasteiger charge is 2.27. The molecular formula is C15H21Cl2NO3. The monoisotopic (exact) mass is 333 g/mol. The van der Waals surface area contributed by atoms with Gasteiger partial charge < -0.3 is 19.8 Å². The van der Waals surface area contributed by atoms with Crippen molar-refractivity contribution in [1.29, 1.82) is 0 Å².